The van der Waals surface area contributed by atoms with Crippen LogP contribution < -0.4 is 9.57 Å². The minimum absolute atomic E-state index is 0.0415. The Balaban J connectivity index is 1.75. The number of carbonyl (C=O) groups excluding carboxylic acids is 1. The fraction of sp³-hybridized carbons (Fsp3) is 0.389. The number of carbonyl (C=O) groups is 1. The summed E-state index contributed by atoms with van der Waals surface area (Å²) in [4.78, 5) is 17.9. The lowest BCUT2D eigenvalue weighted by atomic mass is 9.89. The molecular weight excluding hydrogens is 278 g/mol. The van der Waals surface area contributed by atoms with Crippen LogP contribution in [0.1, 0.15) is 32.1 Å². The van der Waals surface area contributed by atoms with Crippen molar-refractivity contribution in [3.63, 3.8) is 0 Å². The van der Waals surface area contributed by atoms with Crippen LogP contribution in [0.5, 0.6) is 5.75 Å². The largest absolute Gasteiger partial charge is 0.497 e. The molecule has 0 amide bonds. The van der Waals surface area contributed by atoms with Gasteiger partial charge in [0.1, 0.15) is 5.75 Å². The summed E-state index contributed by atoms with van der Waals surface area (Å²) in [5, 5.41) is 0. The molecule has 116 valence electrons. The summed E-state index contributed by atoms with van der Waals surface area (Å²) in [6.07, 6.45) is 7.13. The molecule has 0 atom stereocenters. The molecule has 0 radical (unpaired) electrons. The van der Waals surface area contributed by atoms with Crippen LogP contribution in [0, 0.1) is 5.92 Å². The van der Waals surface area contributed by atoms with E-state index in [1.807, 2.05) is 36.4 Å². The summed E-state index contributed by atoms with van der Waals surface area (Å²) in [6, 6.07) is 11.5. The van der Waals surface area contributed by atoms with Crippen molar-refractivity contribution in [2.75, 3.05) is 7.11 Å². The number of hydrogen-bond donors (Lipinski definition) is 0. The average Bonchev–Trinajstić information content (AvgIpc) is 3.04. The maximum Gasteiger partial charge on any atom is 0.335 e. The Morgan fingerprint density at radius 1 is 1.09 bits per heavy atom. The normalized spacial score (nSPS) is 15.5. The molecule has 0 unspecified atom stereocenters. The molecular formula is C18H21NO3. The maximum atomic E-state index is 12.3. The molecule has 3 rings (SSSR count). The Kier molecular flexibility index (Phi) is 4.47. The van der Waals surface area contributed by atoms with Gasteiger partial charge in [-0.05, 0) is 49.2 Å². The number of methoxy groups -OCH3 is 1. The third-order valence-corrected chi connectivity index (χ3v) is 4.23. The van der Waals surface area contributed by atoms with Gasteiger partial charge in [0.25, 0.3) is 0 Å². The van der Waals surface area contributed by atoms with E-state index in [-0.39, 0.29) is 11.9 Å². The molecule has 1 saturated carbocycles. The molecule has 1 aliphatic rings. The molecule has 4 nitrogen and oxygen atoms in total. The molecule has 2 aromatic rings. The Morgan fingerprint density at radius 3 is 2.50 bits per heavy atom. The Labute approximate surface area is 130 Å². The van der Waals surface area contributed by atoms with Crippen LogP contribution in [0.15, 0.2) is 42.6 Å². The molecule has 0 spiro atoms. The van der Waals surface area contributed by atoms with Crippen LogP contribution in [0.25, 0.3) is 11.3 Å². The Hall–Kier alpha value is -2.23. The number of aromatic nitrogens is 1. The van der Waals surface area contributed by atoms with Crippen LogP contribution in [0.4, 0.5) is 0 Å². The van der Waals surface area contributed by atoms with Crippen LogP contribution >= 0.6 is 0 Å². The van der Waals surface area contributed by atoms with Gasteiger partial charge in [-0.3, -0.25) is 0 Å². The summed E-state index contributed by atoms with van der Waals surface area (Å²) >= 11 is 0. The van der Waals surface area contributed by atoms with E-state index >= 15 is 0 Å². The van der Waals surface area contributed by atoms with Gasteiger partial charge >= 0.3 is 5.97 Å². The second kappa shape index (κ2) is 6.69. The van der Waals surface area contributed by atoms with E-state index in [2.05, 4.69) is 0 Å². The monoisotopic (exact) mass is 299 g/mol. The first-order chi connectivity index (χ1) is 10.8. The van der Waals surface area contributed by atoms with Crippen molar-refractivity contribution in [3.8, 4) is 17.0 Å². The fourth-order valence-electron chi connectivity index (χ4n) is 2.94. The van der Waals surface area contributed by atoms with Crippen LogP contribution in [-0.2, 0) is 4.79 Å². The number of rotatable bonds is 4. The van der Waals surface area contributed by atoms with E-state index in [4.69, 9.17) is 9.57 Å². The molecule has 1 fully saturated rings. The molecule has 4 heteroatoms. The maximum absolute atomic E-state index is 12.3. The highest BCUT2D eigenvalue weighted by molar-refractivity contribution is 5.73. The Morgan fingerprint density at radius 2 is 1.82 bits per heavy atom. The van der Waals surface area contributed by atoms with Crippen molar-refractivity contribution in [1.82, 2.24) is 4.73 Å². The van der Waals surface area contributed by atoms with E-state index in [0.717, 1.165) is 42.7 Å². The predicted octanol–water partition coefficient (Wildman–Crippen LogP) is 3.70. The predicted molar refractivity (Wildman–Crippen MR) is 84.6 cm³/mol. The smallest absolute Gasteiger partial charge is 0.335 e. The van der Waals surface area contributed by atoms with E-state index in [0.29, 0.717) is 0 Å². The van der Waals surface area contributed by atoms with Gasteiger partial charge in [0.2, 0.25) is 0 Å². The SMILES string of the molecule is COc1ccc(-c2cccn2OC(=O)C2CCCCC2)cc1. The third kappa shape index (κ3) is 3.16. The molecule has 1 aliphatic carbocycles. The molecule has 1 aromatic carbocycles. The molecule has 0 N–H and O–H groups in total. The lowest BCUT2D eigenvalue weighted by Gasteiger charge is -2.20. The molecule has 22 heavy (non-hydrogen) atoms. The minimum atomic E-state index is -0.120. The van der Waals surface area contributed by atoms with E-state index in [1.54, 1.807) is 18.0 Å². The lowest BCUT2D eigenvalue weighted by Crippen LogP contribution is -2.28. The van der Waals surface area contributed by atoms with Crippen molar-refractivity contribution in [3.05, 3.63) is 42.6 Å². The van der Waals surface area contributed by atoms with Gasteiger partial charge in [-0.1, -0.05) is 19.3 Å². The Bertz CT molecular complexity index is 624. The molecule has 1 heterocycles. The zero-order valence-electron chi connectivity index (χ0n) is 12.8. The number of ether oxygens (including phenoxy) is 1. The molecule has 0 aliphatic heterocycles. The molecule has 0 saturated heterocycles. The molecule has 1 aromatic heterocycles. The van der Waals surface area contributed by atoms with Gasteiger partial charge in [0, 0.05) is 11.8 Å². The van der Waals surface area contributed by atoms with Crippen molar-refractivity contribution >= 4 is 5.97 Å². The van der Waals surface area contributed by atoms with Gasteiger partial charge in [-0.15, -0.1) is 0 Å². The van der Waals surface area contributed by atoms with Gasteiger partial charge in [0.15, 0.2) is 0 Å². The third-order valence-electron chi connectivity index (χ3n) is 4.23. The zero-order chi connectivity index (χ0) is 15.4. The number of hydrogen-bond acceptors (Lipinski definition) is 3. The fourth-order valence-corrected chi connectivity index (χ4v) is 2.94. The minimum Gasteiger partial charge on any atom is -0.497 e. The first kappa shape index (κ1) is 14.7. The summed E-state index contributed by atoms with van der Waals surface area (Å²) in [5.74, 6) is 0.728. The van der Waals surface area contributed by atoms with E-state index in [1.165, 1.54) is 6.42 Å². The topological polar surface area (TPSA) is 40.5 Å². The lowest BCUT2D eigenvalue weighted by molar-refractivity contribution is -0.149. The van der Waals surface area contributed by atoms with Crippen molar-refractivity contribution < 1.29 is 14.4 Å². The van der Waals surface area contributed by atoms with Crippen LogP contribution in [-0.4, -0.2) is 17.8 Å². The molecule has 0 bridgehead atoms. The highest BCUT2D eigenvalue weighted by Crippen LogP contribution is 2.26. The summed E-state index contributed by atoms with van der Waals surface area (Å²) in [7, 11) is 1.64. The average molecular weight is 299 g/mol. The highest BCUT2D eigenvalue weighted by atomic mass is 16.7. The number of benzene rings is 1. The van der Waals surface area contributed by atoms with Gasteiger partial charge < -0.3 is 9.57 Å². The first-order valence-corrected chi connectivity index (χ1v) is 7.82. The second-order valence-corrected chi connectivity index (χ2v) is 5.69. The van der Waals surface area contributed by atoms with Crippen LogP contribution in [0.3, 0.4) is 0 Å². The summed E-state index contributed by atoms with van der Waals surface area (Å²) in [5.41, 5.74) is 1.86. The van der Waals surface area contributed by atoms with Crippen molar-refractivity contribution in [2.45, 2.75) is 32.1 Å². The summed E-state index contributed by atoms with van der Waals surface area (Å²) < 4.78 is 6.74. The highest BCUT2D eigenvalue weighted by Gasteiger charge is 2.23. The van der Waals surface area contributed by atoms with Gasteiger partial charge in [-0.2, -0.15) is 4.73 Å². The van der Waals surface area contributed by atoms with Crippen molar-refractivity contribution in [1.29, 1.82) is 0 Å². The van der Waals surface area contributed by atoms with E-state index < -0.39 is 0 Å². The summed E-state index contributed by atoms with van der Waals surface area (Å²) in [6.45, 7) is 0. The van der Waals surface area contributed by atoms with Gasteiger partial charge in [0.05, 0.1) is 18.7 Å². The van der Waals surface area contributed by atoms with Gasteiger partial charge in [-0.25, -0.2) is 4.79 Å². The zero-order valence-corrected chi connectivity index (χ0v) is 12.8. The second-order valence-electron chi connectivity index (χ2n) is 5.69. The standard InChI is InChI=1S/C18H21NO3/c1-21-16-11-9-14(10-12-16)17-8-5-13-19(17)22-18(20)15-6-3-2-4-7-15/h5,8-13,15H,2-4,6-7H2,1H3. The number of nitrogens with zero attached hydrogens (tertiary/aromatic N) is 1. The first-order valence-electron chi connectivity index (χ1n) is 7.82. The van der Waals surface area contributed by atoms with E-state index in [9.17, 15) is 4.79 Å². The van der Waals surface area contributed by atoms with Crippen LogP contribution in [0.2, 0.25) is 0 Å². The quantitative estimate of drug-likeness (QED) is 0.864. The van der Waals surface area contributed by atoms with Crippen molar-refractivity contribution in [2.24, 2.45) is 5.92 Å².